The maximum atomic E-state index is 5.29. The molecule has 0 unspecified atom stereocenters. The van der Waals surface area contributed by atoms with Gasteiger partial charge in [-0.05, 0) is 89.7 Å². The fourth-order valence-corrected chi connectivity index (χ4v) is 7.53. The monoisotopic (exact) mass is 799 g/mol. The average Bonchev–Trinajstić information content (AvgIpc) is 3.84. The molecule has 57 heavy (non-hydrogen) atoms. The van der Waals surface area contributed by atoms with Gasteiger partial charge >= 0.3 is 17.1 Å². The van der Waals surface area contributed by atoms with Crippen molar-refractivity contribution in [1.82, 2.24) is 39.9 Å². The van der Waals surface area contributed by atoms with Crippen LogP contribution in [0.5, 0.6) is 0 Å². The predicted octanol–water partition coefficient (Wildman–Crippen LogP) is 11.3. The Kier molecular flexibility index (Phi) is 8.73. The molecule has 291 valence electrons. The van der Waals surface area contributed by atoms with Crippen LogP contribution in [0.4, 0.5) is 0 Å². The quantitative estimate of drug-likeness (QED) is 0.140. The number of hydrogen-bond acceptors (Lipinski definition) is 6. The van der Waals surface area contributed by atoms with E-state index < -0.39 is 0 Å². The van der Waals surface area contributed by atoms with Gasteiger partial charge in [-0.25, -0.2) is 9.97 Å². The Bertz CT molecular complexity index is 2960. The molecule has 7 aromatic rings. The maximum absolute atomic E-state index is 5.29. The SMILES string of the molecule is CC(C)(C)c1ccc2c(c1)-c1nc-2nc2[n-]c(nc3nc(nc4[n-]c(n1)c1ccc(C(C)(C)C)cc41)-c1cc(C(C)(C)C)ccc1-3)c1cc(C(C)(C)C)ccc21.[Cu+2]. The van der Waals surface area contributed by atoms with Gasteiger partial charge in [0.05, 0.1) is 23.3 Å². The van der Waals surface area contributed by atoms with Crippen LogP contribution in [-0.2, 0) is 38.7 Å². The van der Waals surface area contributed by atoms with Gasteiger partial charge in [-0.1, -0.05) is 132 Å². The number of fused-ring (bicyclic) bond motifs is 20. The van der Waals surface area contributed by atoms with E-state index in [0.717, 1.165) is 43.8 Å². The first-order chi connectivity index (χ1) is 26.2. The van der Waals surface area contributed by atoms with Gasteiger partial charge in [0, 0.05) is 44.8 Å². The van der Waals surface area contributed by atoms with Crippen LogP contribution in [0.1, 0.15) is 105 Å². The summed E-state index contributed by atoms with van der Waals surface area (Å²) >= 11 is 0. The zero-order valence-electron chi connectivity index (χ0n) is 34.8. The molecule has 5 heterocycles. The molecule has 9 rings (SSSR count). The summed E-state index contributed by atoms with van der Waals surface area (Å²) in [5.74, 6) is 2.24. The summed E-state index contributed by atoms with van der Waals surface area (Å²) in [7, 11) is 0. The Labute approximate surface area is 345 Å². The zero-order chi connectivity index (χ0) is 39.7. The molecule has 1 radical (unpaired) electrons. The Morgan fingerprint density at radius 2 is 0.596 bits per heavy atom. The largest absolute Gasteiger partial charge is 2.00 e. The Morgan fingerprint density at radius 3 is 0.930 bits per heavy atom. The van der Waals surface area contributed by atoms with Gasteiger partial charge in [0.1, 0.15) is 0 Å². The Morgan fingerprint density at radius 1 is 0.316 bits per heavy atom. The van der Waals surface area contributed by atoms with Crippen LogP contribution < -0.4 is 9.97 Å². The normalized spacial score (nSPS) is 13.1. The van der Waals surface area contributed by atoms with Crippen LogP contribution in [0.2, 0.25) is 0 Å². The molecule has 0 aliphatic carbocycles. The third-order valence-electron chi connectivity index (χ3n) is 11.2. The molecule has 8 nitrogen and oxygen atoms in total. The van der Waals surface area contributed by atoms with Crippen LogP contribution in [0.3, 0.4) is 0 Å². The van der Waals surface area contributed by atoms with Crippen molar-refractivity contribution in [2.75, 3.05) is 0 Å². The number of aromatic nitrogens is 8. The van der Waals surface area contributed by atoms with Gasteiger partial charge in [-0.2, -0.15) is 0 Å². The zero-order valence-corrected chi connectivity index (χ0v) is 35.7. The van der Waals surface area contributed by atoms with Crippen molar-refractivity contribution in [3.8, 4) is 45.6 Å². The predicted molar refractivity (Wildman–Crippen MR) is 229 cm³/mol. The molecular weight excluding hydrogens is 752 g/mol. The van der Waals surface area contributed by atoms with E-state index in [1.54, 1.807) is 0 Å². The minimum Gasteiger partial charge on any atom is -0.357 e. The third kappa shape index (κ3) is 6.65. The first-order valence-corrected chi connectivity index (χ1v) is 19.5. The van der Waals surface area contributed by atoms with E-state index in [0.29, 0.717) is 45.9 Å². The molecule has 9 heteroatoms. The minimum atomic E-state index is -0.0851. The number of rotatable bonds is 0. The van der Waals surface area contributed by atoms with Crippen molar-refractivity contribution in [3.63, 3.8) is 0 Å². The first-order valence-electron chi connectivity index (χ1n) is 19.5. The molecule has 0 amide bonds. The van der Waals surface area contributed by atoms with E-state index >= 15 is 0 Å². The second-order valence-corrected chi connectivity index (χ2v) is 19.5. The van der Waals surface area contributed by atoms with Crippen LogP contribution >= 0.6 is 0 Å². The standard InChI is InChI=1S/C48H48N8.Cu/c1-45(2,3)25-13-17-29-33(21-25)41-50-37(29)49-38-30-18-14-26(46(4,5)6)22-34(30)42(51-38)53-40-32-20-16-28(48(10,11)12)24-36(32)44(55-40)56-43-35-23-27(47(7,8)9)15-19-31(35)39(52-41)54-43;/h13-24H,1-12H3;/q-2;+2. The molecule has 0 N–H and O–H groups in total. The molecule has 0 atom stereocenters. The van der Waals surface area contributed by atoms with Crippen molar-refractivity contribution in [3.05, 3.63) is 95.1 Å². The molecule has 0 fully saturated rings. The summed E-state index contributed by atoms with van der Waals surface area (Å²) in [5, 5.41) is 3.64. The number of nitrogens with zero attached hydrogens (tertiary/aromatic N) is 8. The van der Waals surface area contributed by atoms with Crippen molar-refractivity contribution < 1.29 is 17.1 Å². The first kappa shape index (κ1) is 38.6. The van der Waals surface area contributed by atoms with Crippen LogP contribution in [-0.4, -0.2) is 29.9 Å². The van der Waals surface area contributed by atoms with Gasteiger partial charge < -0.3 is 29.9 Å². The molecule has 4 aromatic carbocycles. The molecule has 0 saturated heterocycles. The van der Waals surface area contributed by atoms with Crippen molar-refractivity contribution in [2.45, 2.75) is 105 Å². The summed E-state index contributed by atoms with van der Waals surface area (Å²) in [6, 6.07) is 25.9. The summed E-state index contributed by atoms with van der Waals surface area (Å²) in [6.07, 6.45) is 0. The molecule has 3 aromatic heterocycles. The van der Waals surface area contributed by atoms with E-state index in [4.69, 9.17) is 39.9 Å². The smallest absolute Gasteiger partial charge is 0.357 e. The fourth-order valence-electron chi connectivity index (χ4n) is 7.53. The van der Waals surface area contributed by atoms with E-state index in [2.05, 4.69) is 156 Å². The van der Waals surface area contributed by atoms with Crippen LogP contribution in [0.15, 0.2) is 72.8 Å². The van der Waals surface area contributed by atoms with Gasteiger partial charge in [0.15, 0.2) is 0 Å². The summed E-state index contributed by atoms with van der Waals surface area (Å²) in [4.78, 5) is 41.6. The second-order valence-electron chi connectivity index (χ2n) is 19.5. The van der Waals surface area contributed by atoms with E-state index in [9.17, 15) is 0 Å². The van der Waals surface area contributed by atoms with E-state index in [1.165, 1.54) is 22.3 Å². The second kappa shape index (κ2) is 12.9. The van der Waals surface area contributed by atoms with Crippen molar-refractivity contribution in [1.29, 1.82) is 0 Å². The van der Waals surface area contributed by atoms with Crippen molar-refractivity contribution in [2.24, 2.45) is 0 Å². The fraction of sp³-hybridized carbons (Fsp3) is 0.333. The Balaban J connectivity index is 0.00000455. The van der Waals surface area contributed by atoms with Gasteiger partial charge in [-0.3, -0.25) is 0 Å². The topological polar surface area (TPSA) is 106 Å². The third-order valence-corrected chi connectivity index (χ3v) is 11.2. The van der Waals surface area contributed by atoms with Crippen molar-refractivity contribution >= 4 is 44.1 Å². The summed E-state index contributed by atoms with van der Waals surface area (Å²) in [6.45, 7) is 26.6. The van der Waals surface area contributed by atoms with E-state index in [1.807, 2.05) is 0 Å². The van der Waals surface area contributed by atoms with Crippen LogP contribution in [0, 0.1) is 0 Å². The van der Waals surface area contributed by atoms with Gasteiger partial charge in [-0.15, -0.1) is 0 Å². The number of hydrogen-bond donors (Lipinski definition) is 0. The molecule has 0 spiro atoms. The average molecular weight is 801 g/mol. The van der Waals surface area contributed by atoms with E-state index in [-0.39, 0.29) is 38.7 Å². The minimum absolute atomic E-state index is 0. The maximum Gasteiger partial charge on any atom is 2.00 e. The molecule has 8 bridgehead atoms. The molecule has 2 aliphatic rings. The Hall–Kier alpha value is -5.24. The summed E-state index contributed by atoms with van der Waals surface area (Å²) < 4.78 is 0. The molecule has 0 saturated carbocycles. The van der Waals surface area contributed by atoms with Gasteiger partial charge in [0.25, 0.3) is 0 Å². The summed E-state index contributed by atoms with van der Waals surface area (Å²) in [5.41, 5.74) is 10.3. The van der Waals surface area contributed by atoms with Gasteiger partial charge in [0.2, 0.25) is 0 Å². The number of benzene rings is 4. The van der Waals surface area contributed by atoms with Crippen LogP contribution in [0.25, 0.3) is 89.7 Å². The molecular formula is C48H48CuN8. The molecule has 2 aliphatic heterocycles.